The highest BCUT2D eigenvalue weighted by Crippen LogP contribution is 2.24. The molecule has 0 aliphatic rings. The summed E-state index contributed by atoms with van der Waals surface area (Å²) in [6.07, 6.45) is 2.71. The van der Waals surface area contributed by atoms with E-state index in [0.29, 0.717) is 27.8 Å². The summed E-state index contributed by atoms with van der Waals surface area (Å²) in [5, 5.41) is 13.6. The number of aromatic nitrogens is 1. The van der Waals surface area contributed by atoms with E-state index in [-0.39, 0.29) is 11.2 Å². The fourth-order valence-corrected chi connectivity index (χ4v) is 1.96. The summed E-state index contributed by atoms with van der Waals surface area (Å²) in [5.41, 5.74) is 1.58. The fourth-order valence-electron chi connectivity index (χ4n) is 1.96. The molecule has 5 heteroatoms. The molecule has 1 aromatic carbocycles. The molecule has 2 aromatic heterocycles. The van der Waals surface area contributed by atoms with E-state index in [1.54, 1.807) is 13.0 Å². The quantitative estimate of drug-likeness (QED) is 0.710. The minimum atomic E-state index is -0.192. The van der Waals surface area contributed by atoms with Gasteiger partial charge in [0.2, 0.25) is 5.43 Å². The van der Waals surface area contributed by atoms with Crippen LogP contribution in [0.1, 0.15) is 5.56 Å². The monoisotopic (exact) mass is 243 g/mol. The van der Waals surface area contributed by atoms with Gasteiger partial charge in [0.25, 0.3) is 0 Å². The van der Waals surface area contributed by atoms with E-state index in [9.17, 15) is 9.90 Å². The van der Waals surface area contributed by atoms with Crippen molar-refractivity contribution in [3.8, 4) is 17.0 Å². The third-order valence-corrected chi connectivity index (χ3v) is 2.77. The van der Waals surface area contributed by atoms with Crippen molar-refractivity contribution < 1.29 is 14.0 Å². The number of hydrogen-bond donors (Lipinski definition) is 1. The summed E-state index contributed by atoms with van der Waals surface area (Å²) >= 11 is 0. The van der Waals surface area contributed by atoms with Crippen LogP contribution in [0.15, 0.2) is 44.5 Å². The number of aromatic hydroxyl groups is 1. The third-order valence-electron chi connectivity index (χ3n) is 2.77. The molecular weight excluding hydrogens is 234 g/mol. The van der Waals surface area contributed by atoms with Crippen molar-refractivity contribution in [3.05, 3.63) is 46.5 Å². The lowest BCUT2D eigenvalue weighted by atomic mass is 10.1. The molecule has 3 aromatic rings. The predicted octanol–water partition coefficient (Wildman–Crippen LogP) is 2.46. The lowest BCUT2D eigenvalue weighted by Crippen LogP contribution is -2.06. The lowest BCUT2D eigenvalue weighted by Gasteiger charge is -2.03. The molecule has 0 bridgehead atoms. The predicted molar refractivity (Wildman–Crippen MR) is 64.4 cm³/mol. The summed E-state index contributed by atoms with van der Waals surface area (Å²) < 4.78 is 10.1. The SMILES string of the molecule is Cc1cc(O)cc2occ(-c3ccon3)c(=O)c12. The zero-order valence-corrected chi connectivity index (χ0v) is 9.51. The molecule has 0 spiro atoms. The Labute approximate surface area is 101 Å². The van der Waals surface area contributed by atoms with Crippen molar-refractivity contribution in [1.29, 1.82) is 0 Å². The van der Waals surface area contributed by atoms with Crippen molar-refractivity contribution in [2.24, 2.45) is 0 Å². The Morgan fingerprint density at radius 3 is 2.89 bits per heavy atom. The second-order valence-corrected chi connectivity index (χ2v) is 4.00. The van der Waals surface area contributed by atoms with Crippen molar-refractivity contribution in [2.75, 3.05) is 0 Å². The van der Waals surface area contributed by atoms with Crippen molar-refractivity contribution in [1.82, 2.24) is 5.16 Å². The van der Waals surface area contributed by atoms with Crippen LogP contribution in [0.2, 0.25) is 0 Å². The first-order valence-electron chi connectivity index (χ1n) is 5.32. The first-order valence-corrected chi connectivity index (χ1v) is 5.32. The van der Waals surface area contributed by atoms with Crippen LogP contribution in [0.5, 0.6) is 5.75 Å². The van der Waals surface area contributed by atoms with E-state index in [1.165, 1.54) is 24.7 Å². The second kappa shape index (κ2) is 3.73. The summed E-state index contributed by atoms with van der Waals surface area (Å²) in [6.45, 7) is 1.74. The van der Waals surface area contributed by atoms with Gasteiger partial charge in [0.15, 0.2) is 0 Å². The highest BCUT2D eigenvalue weighted by atomic mass is 16.5. The molecule has 1 N–H and O–H groups in total. The van der Waals surface area contributed by atoms with Crippen LogP contribution in [-0.4, -0.2) is 10.3 Å². The van der Waals surface area contributed by atoms with E-state index < -0.39 is 0 Å². The minimum absolute atomic E-state index is 0.0670. The van der Waals surface area contributed by atoms with Crippen LogP contribution in [0, 0.1) is 6.92 Å². The molecule has 2 heterocycles. The van der Waals surface area contributed by atoms with Gasteiger partial charge in [0, 0.05) is 12.1 Å². The van der Waals surface area contributed by atoms with E-state index in [2.05, 4.69) is 5.16 Å². The van der Waals surface area contributed by atoms with Gasteiger partial charge in [-0.1, -0.05) is 5.16 Å². The molecule has 5 nitrogen and oxygen atoms in total. The highest BCUT2D eigenvalue weighted by molar-refractivity contribution is 5.85. The van der Waals surface area contributed by atoms with Crippen LogP contribution in [-0.2, 0) is 0 Å². The Bertz CT molecular complexity index is 772. The maximum atomic E-state index is 12.3. The highest BCUT2D eigenvalue weighted by Gasteiger charge is 2.13. The van der Waals surface area contributed by atoms with Gasteiger partial charge in [-0.15, -0.1) is 0 Å². The number of benzene rings is 1. The molecule has 0 unspecified atom stereocenters. The molecular formula is C13H9NO4. The van der Waals surface area contributed by atoms with Gasteiger partial charge in [-0.2, -0.15) is 0 Å². The average Bonchev–Trinajstić information content (AvgIpc) is 2.81. The molecule has 0 amide bonds. The molecule has 18 heavy (non-hydrogen) atoms. The van der Waals surface area contributed by atoms with E-state index in [1.807, 2.05) is 0 Å². The molecule has 0 fully saturated rings. The Morgan fingerprint density at radius 2 is 2.17 bits per heavy atom. The summed E-state index contributed by atoms with van der Waals surface area (Å²) in [6, 6.07) is 4.52. The van der Waals surface area contributed by atoms with Gasteiger partial charge in [-0.3, -0.25) is 4.79 Å². The second-order valence-electron chi connectivity index (χ2n) is 4.00. The van der Waals surface area contributed by atoms with E-state index in [0.717, 1.165) is 0 Å². The molecule has 0 saturated heterocycles. The number of aryl methyl sites for hydroxylation is 1. The van der Waals surface area contributed by atoms with Gasteiger partial charge >= 0.3 is 0 Å². The Hall–Kier alpha value is -2.56. The maximum Gasteiger partial charge on any atom is 0.202 e. The third kappa shape index (κ3) is 1.48. The van der Waals surface area contributed by atoms with E-state index >= 15 is 0 Å². The largest absolute Gasteiger partial charge is 0.508 e. The summed E-state index contributed by atoms with van der Waals surface area (Å²) in [5.74, 6) is 0.0670. The van der Waals surface area contributed by atoms with Crippen LogP contribution < -0.4 is 5.43 Å². The first kappa shape index (κ1) is 10.6. The van der Waals surface area contributed by atoms with E-state index in [4.69, 9.17) is 8.94 Å². The summed E-state index contributed by atoms with van der Waals surface area (Å²) in [4.78, 5) is 12.3. The number of fused-ring (bicyclic) bond motifs is 1. The van der Waals surface area contributed by atoms with Gasteiger partial charge in [0.05, 0.1) is 10.9 Å². The molecule has 3 rings (SSSR count). The Balaban J connectivity index is 2.40. The zero-order valence-electron chi connectivity index (χ0n) is 9.51. The molecule has 0 aliphatic heterocycles. The Kier molecular flexibility index (Phi) is 2.19. The van der Waals surface area contributed by atoms with Crippen LogP contribution >= 0.6 is 0 Å². The van der Waals surface area contributed by atoms with Crippen LogP contribution in [0.4, 0.5) is 0 Å². The smallest absolute Gasteiger partial charge is 0.202 e. The maximum absolute atomic E-state index is 12.3. The standard InChI is InChI=1S/C13H9NO4/c1-7-4-8(15)5-11-12(7)13(16)9(6-17-11)10-2-3-18-14-10/h2-6,15H,1H3. The number of nitrogens with zero attached hydrogens (tertiary/aromatic N) is 1. The topological polar surface area (TPSA) is 76.5 Å². The number of hydrogen-bond acceptors (Lipinski definition) is 5. The average molecular weight is 243 g/mol. The molecule has 0 saturated carbocycles. The first-order chi connectivity index (χ1) is 8.66. The normalized spacial score (nSPS) is 10.9. The molecule has 90 valence electrons. The van der Waals surface area contributed by atoms with Crippen LogP contribution in [0.25, 0.3) is 22.2 Å². The van der Waals surface area contributed by atoms with Crippen LogP contribution in [0.3, 0.4) is 0 Å². The van der Waals surface area contributed by atoms with Crippen molar-refractivity contribution >= 4 is 11.0 Å². The zero-order chi connectivity index (χ0) is 12.7. The van der Waals surface area contributed by atoms with Gasteiger partial charge < -0.3 is 14.0 Å². The number of phenolic OH excluding ortho intramolecular Hbond substituents is 1. The minimum Gasteiger partial charge on any atom is -0.508 e. The van der Waals surface area contributed by atoms with Gasteiger partial charge in [-0.05, 0) is 18.6 Å². The summed E-state index contributed by atoms with van der Waals surface area (Å²) in [7, 11) is 0. The molecule has 0 atom stereocenters. The molecule has 0 radical (unpaired) electrons. The fraction of sp³-hybridized carbons (Fsp3) is 0.0769. The van der Waals surface area contributed by atoms with Gasteiger partial charge in [-0.25, -0.2) is 0 Å². The van der Waals surface area contributed by atoms with Crippen molar-refractivity contribution in [3.63, 3.8) is 0 Å². The number of phenols is 1. The van der Waals surface area contributed by atoms with Gasteiger partial charge in [0.1, 0.15) is 29.6 Å². The number of rotatable bonds is 1. The molecule has 0 aliphatic carbocycles. The lowest BCUT2D eigenvalue weighted by molar-refractivity contribution is 0.422. The Morgan fingerprint density at radius 1 is 1.33 bits per heavy atom. The van der Waals surface area contributed by atoms with Crippen molar-refractivity contribution in [2.45, 2.75) is 6.92 Å².